The van der Waals surface area contributed by atoms with Gasteiger partial charge in [-0.15, -0.1) is 0 Å². The van der Waals surface area contributed by atoms with Crippen LogP contribution in [0.15, 0.2) is 59.5 Å². The number of likely N-dealkylation sites (tertiary alicyclic amines) is 1. The van der Waals surface area contributed by atoms with Gasteiger partial charge in [-0.1, -0.05) is 12.1 Å². The van der Waals surface area contributed by atoms with Crippen LogP contribution in [-0.4, -0.2) is 56.6 Å². The molecule has 0 radical (unpaired) electrons. The van der Waals surface area contributed by atoms with E-state index in [2.05, 4.69) is 4.72 Å². The van der Waals surface area contributed by atoms with Crippen LogP contribution in [0.3, 0.4) is 0 Å². The van der Waals surface area contributed by atoms with E-state index in [1.54, 1.807) is 18.2 Å². The van der Waals surface area contributed by atoms with Crippen molar-refractivity contribution >= 4 is 32.7 Å². The summed E-state index contributed by atoms with van der Waals surface area (Å²) in [7, 11) is -2.47. The molecule has 186 valence electrons. The Labute approximate surface area is 207 Å². The van der Waals surface area contributed by atoms with E-state index in [9.17, 15) is 23.3 Å². The second-order valence-electron chi connectivity index (χ2n) is 8.21. The first-order valence-corrected chi connectivity index (χ1v) is 12.4. The number of hydrogen-bond acceptors (Lipinski definition) is 7. The lowest BCUT2D eigenvalue weighted by Gasteiger charge is -2.19. The van der Waals surface area contributed by atoms with Crippen molar-refractivity contribution in [1.82, 2.24) is 9.62 Å². The fraction of sp³-hybridized carbons (Fsp3) is 0.240. The van der Waals surface area contributed by atoms with E-state index < -0.39 is 34.5 Å². The number of aliphatic carboxylic acids is 1. The average molecular weight is 510 g/mol. The molecule has 1 aliphatic heterocycles. The predicted octanol–water partition coefficient (Wildman–Crippen LogP) is 2.26. The van der Waals surface area contributed by atoms with Crippen molar-refractivity contribution in [2.75, 3.05) is 20.3 Å². The van der Waals surface area contributed by atoms with Gasteiger partial charge in [0.2, 0.25) is 15.9 Å². The van der Waals surface area contributed by atoms with E-state index in [-0.39, 0.29) is 30.2 Å². The monoisotopic (exact) mass is 509 g/mol. The van der Waals surface area contributed by atoms with E-state index in [0.717, 1.165) is 5.39 Å². The summed E-state index contributed by atoms with van der Waals surface area (Å²) in [6.07, 6.45) is 0.253. The molecule has 36 heavy (non-hydrogen) atoms. The number of carboxylic acid groups (broad SMARTS) is 1. The number of nitrogens with zero attached hydrogens (tertiary/aromatic N) is 2. The van der Waals surface area contributed by atoms with E-state index >= 15 is 0 Å². The molecule has 3 aromatic rings. The summed E-state index contributed by atoms with van der Waals surface area (Å²) >= 11 is 0. The molecule has 0 spiro atoms. The number of ether oxygens (including phenoxy) is 2. The average Bonchev–Trinajstić information content (AvgIpc) is 3.20. The molecule has 1 heterocycles. The third-order valence-corrected chi connectivity index (χ3v) is 7.30. The number of amides is 1. The number of nitriles is 1. The Kier molecular flexibility index (Phi) is 7.10. The van der Waals surface area contributed by atoms with Crippen LogP contribution >= 0.6 is 0 Å². The normalized spacial score (nSPS) is 15.6. The summed E-state index contributed by atoms with van der Waals surface area (Å²) < 4.78 is 39.1. The minimum Gasteiger partial charge on any atom is -0.497 e. The van der Waals surface area contributed by atoms with Crippen molar-refractivity contribution in [1.29, 1.82) is 5.26 Å². The maximum absolute atomic E-state index is 13.1. The van der Waals surface area contributed by atoms with Gasteiger partial charge in [-0.25, -0.2) is 13.2 Å². The molecular formula is C25H23N3O7S. The fourth-order valence-electron chi connectivity index (χ4n) is 4.02. The Bertz CT molecular complexity index is 1480. The van der Waals surface area contributed by atoms with Crippen molar-refractivity contribution in [2.24, 2.45) is 0 Å². The number of benzene rings is 3. The third-order valence-electron chi connectivity index (χ3n) is 5.83. The molecule has 0 aliphatic carbocycles. The van der Waals surface area contributed by atoms with Crippen molar-refractivity contribution < 1.29 is 32.6 Å². The van der Waals surface area contributed by atoms with Crippen LogP contribution < -0.4 is 14.2 Å². The number of fused-ring (bicyclic) bond motifs is 1. The molecule has 1 fully saturated rings. The van der Waals surface area contributed by atoms with Crippen molar-refractivity contribution in [3.05, 3.63) is 65.7 Å². The maximum atomic E-state index is 13.1. The molecule has 4 rings (SSSR count). The molecule has 1 aliphatic rings. The number of sulfonamides is 1. The zero-order valence-corrected chi connectivity index (χ0v) is 20.1. The van der Waals surface area contributed by atoms with Gasteiger partial charge in [-0.3, -0.25) is 4.79 Å². The minimum absolute atomic E-state index is 0.0283. The second kappa shape index (κ2) is 10.2. The van der Waals surface area contributed by atoms with Gasteiger partial charge in [0.25, 0.3) is 0 Å². The van der Waals surface area contributed by atoms with Gasteiger partial charge in [0.15, 0.2) is 6.61 Å². The van der Waals surface area contributed by atoms with Gasteiger partial charge in [-0.05, 0) is 59.7 Å². The first-order valence-electron chi connectivity index (χ1n) is 11.0. The molecule has 1 atom stereocenters. The van der Waals surface area contributed by atoms with E-state index in [0.29, 0.717) is 22.3 Å². The minimum atomic E-state index is -3.99. The first-order chi connectivity index (χ1) is 17.2. The highest BCUT2D eigenvalue weighted by molar-refractivity contribution is 7.89. The number of nitrogens with one attached hydrogen (secondary N) is 1. The van der Waals surface area contributed by atoms with Crippen LogP contribution in [0.4, 0.5) is 0 Å². The third kappa shape index (κ3) is 5.40. The molecule has 0 saturated carbocycles. The largest absolute Gasteiger partial charge is 0.497 e. The number of methoxy groups -OCH3 is 1. The highest BCUT2D eigenvalue weighted by Gasteiger charge is 2.35. The summed E-state index contributed by atoms with van der Waals surface area (Å²) in [5.41, 5.74) is 0.778. The topological polar surface area (TPSA) is 146 Å². The van der Waals surface area contributed by atoms with Crippen molar-refractivity contribution in [3.63, 3.8) is 0 Å². The van der Waals surface area contributed by atoms with Crippen molar-refractivity contribution in [2.45, 2.75) is 23.9 Å². The summed E-state index contributed by atoms with van der Waals surface area (Å²) in [5.74, 6) is -0.754. The van der Waals surface area contributed by atoms with Crippen LogP contribution in [0.1, 0.15) is 17.5 Å². The van der Waals surface area contributed by atoms with Crippen LogP contribution in [0.5, 0.6) is 11.5 Å². The molecule has 1 saturated heterocycles. The van der Waals surface area contributed by atoms with Crippen molar-refractivity contribution in [3.8, 4) is 17.6 Å². The van der Waals surface area contributed by atoms with E-state index in [1.807, 2.05) is 12.1 Å². The predicted molar refractivity (Wildman–Crippen MR) is 129 cm³/mol. The Morgan fingerprint density at radius 1 is 1.17 bits per heavy atom. The SMILES string of the molecule is COc1ccc2ccc(S(=O)(=O)NC3CCN(Cc4cc(C#N)ccc4OCC(=O)O)C3=O)cc2c1. The van der Waals surface area contributed by atoms with Gasteiger partial charge in [-0.2, -0.15) is 9.98 Å². The molecule has 1 unspecified atom stereocenters. The number of rotatable bonds is 9. The zero-order chi connectivity index (χ0) is 25.9. The lowest BCUT2D eigenvalue weighted by Crippen LogP contribution is -2.41. The van der Waals surface area contributed by atoms with Gasteiger partial charge < -0.3 is 19.5 Å². The molecule has 2 N–H and O–H groups in total. The van der Waals surface area contributed by atoms with Crippen LogP contribution in [0.25, 0.3) is 10.8 Å². The highest BCUT2D eigenvalue weighted by atomic mass is 32.2. The van der Waals surface area contributed by atoms with Gasteiger partial charge in [0, 0.05) is 18.7 Å². The smallest absolute Gasteiger partial charge is 0.341 e. The van der Waals surface area contributed by atoms with Crippen LogP contribution in [0, 0.1) is 11.3 Å². The lowest BCUT2D eigenvalue weighted by molar-refractivity contribution is -0.139. The molecule has 0 bridgehead atoms. The quantitative estimate of drug-likeness (QED) is 0.447. The van der Waals surface area contributed by atoms with Crippen LogP contribution in [0.2, 0.25) is 0 Å². The van der Waals surface area contributed by atoms with E-state index in [4.69, 9.17) is 14.6 Å². The van der Waals surface area contributed by atoms with Gasteiger partial charge in [0.1, 0.15) is 17.5 Å². The molecule has 1 amide bonds. The standard InChI is InChI=1S/C25H23N3O7S/c1-34-20-5-3-17-4-6-21(12-18(17)11-20)36(32,33)27-22-8-9-28(25(22)31)14-19-10-16(13-26)2-7-23(19)35-15-24(29)30/h2-7,10-12,22,27H,8-9,14-15H2,1H3,(H,29,30). The number of carboxylic acids is 1. The summed E-state index contributed by atoms with van der Waals surface area (Å²) in [4.78, 5) is 25.4. The molecule has 0 aromatic heterocycles. The summed E-state index contributed by atoms with van der Waals surface area (Å²) in [6.45, 7) is -0.264. The Morgan fingerprint density at radius 3 is 2.67 bits per heavy atom. The maximum Gasteiger partial charge on any atom is 0.341 e. The highest BCUT2D eigenvalue weighted by Crippen LogP contribution is 2.27. The van der Waals surface area contributed by atoms with Gasteiger partial charge in [0.05, 0.1) is 23.6 Å². The van der Waals surface area contributed by atoms with E-state index in [1.165, 1.54) is 42.3 Å². The Morgan fingerprint density at radius 2 is 1.94 bits per heavy atom. The molecule has 11 heteroatoms. The number of hydrogen-bond donors (Lipinski definition) is 2. The second-order valence-corrected chi connectivity index (χ2v) is 9.93. The molecule has 3 aromatic carbocycles. The molecular weight excluding hydrogens is 486 g/mol. The number of carbonyl (C=O) groups excluding carboxylic acids is 1. The first kappa shape index (κ1) is 25.0. The Balaban J connectivity index is 1.50. The molecule has 10 nitrogen and oxygen atoms in total. The summed E-state index contributed by atoms with van der Waals surface area (Å²) in [6, 6.07) is 15.6. The van der Waals surface area contributed by atoms with Gasteiger partial charge >= 0.3 is 5.97 Å². The fourth-order valence-corrected chi connectivity index (χ4v) is 5.27. The lowest BCUT2D eigenvalue weighted by atomic mass is 10.1. The summed E-state index contributed by atoms with van der Waals surface area (Å²) in [5, 5.41) is 19.6. The number of carbonyl (C=O) groups is 2. The zero-order valence-electron chi connectivity index (χ0n) is 19.3. The Hall–Kier alpha value is -4.14. The van der Waals surface area contributed by atoms with Crippen LogP contribution in [-0.2, 0) is 26.2 Å².